The number of nitrogens with zero attached hydrogens (tertiary/aromatic N) is 5. The molecule has 8 nitrogen and oxygen atoms in total. The normalized spacial score (nSPS) is 16.3. The predicted molar refractivity (Wildman–Crippen MR) is 115 cm³/mol. The second kappa shape index (κ2) is 8.82. The molecule has 0 amide bonds. The van der Waals surface area contributed by atoms with Crippen LogP contribution in [0.25, 0.3) is 22.0 Å². The molecule has 0 aromatic carbocycles. The lowest BCUT2D eigenvalue weighted by Gasteiger charge is -2.11. The third-order valence-corrected chi connectivity index (χ3v) is 6.01. The number of hydrogen-bond donors (Lipinski definition) is 3. The van der Waals surface area contributed by atoms with Crippen molar-refractivity contribution in [3.05, 3.63) is 22.8 Å². The molecule has 146 valence electrons. The molecule has 0 unspecified atom stereocenters. The van der Waals surface area contributed by atoms with Crippen molar-refractivity contribution in [2.45, 2.75) is 25.2 Å². The van der Waals surface area contributed by atoms with E-state index >= 15 is 0 Å². The summed E-state index contributed by atoms with van der Waals surface area (Å²) >= 11 is 2.95. The number of nitrogen functional groups attached to an aromatic ring is 1. The first-order valence-electron chi connectivity index (χ1n) is 9.17. The van der Waals surface area contributed by atoms with Crippen LogP contribution in [0.2, 0.25) is 0 Å². The molecule has 0 atom stereocenters. The van der Waals surface area contributed by atoms with Crippen molar-refractivity contribution in [1.82, 2.24) is 30.6 Å². The van der Waals surface area contributed by atoms with Crippen molar-refractivity contribution in [3.8, 4) is 22.0 Å². The average Bonchev–Trinajstić information content (AvgIpc) is 3.28. The van der Waals surface area contributed by atoms with E-state index in [9.17, 15) is 0 Å². The van der Waals surface area contributed by atoms with Crippen molar-refractivity contribution in [2.75, 3.05) is 25.5 Å². The van der Waals surface area contributed by atoms with Crippen LogP contribution in [0.4, 0.5) is 10.9 Å². The molecule has 1 saturated carbocycles. The Hall–Kier alpha value is -2.27. The maximum Gasteiger partial charge on any atom is 0.209 e. The van der Waals surface area contributed by atoms with Gasteiger partial charge < -0.3 is 16.4 Å². The number of nitrogens with two attached hydrogens (primary N) is 1. The van der Waals surface area contributed by atoms with Crippen molar-refractivity contribution >= 4 is 40.3 Å². The number of nitrogens with one attached hydrogen (secondary N) is 2. The zero-order valence-electron chi connectivity index (χ0n) is 15.4. The Kier molecular flexibility index (Phi) is 6.01. The van der Waals surface area contributed by atoms with E-state index < -0.39 is 0 Å². The van der Waals surface area contributed by atoms with Gasteiger partial charge in [0.1, 0.15) is 28.0 Å². The number of hydrogen-bond acceptors (Lipinski definition) is 10. The summed E-state index contributed by atoms with van der Waals surface area (Å²) in [5, 5.41) is 11.7. The molecule has 1 aliphatic carbocycles. The van der Waals surface area contributed by atoms with Crippen LogP contribution < -0.4 is 16.4 Å². The molecule has 0 bridgehead atoms. The Morgan fingerprint density at radius 3 is 2.39 bits per heavy atom. The molecular formula is C18H22N8S2. The van der Waals surface area contributed by atoms with E-state index in [1.165, 1.54) is 42.2 Å². The molecule has 3 aromatic heterocycles. The highest BCUT2D eigenvalue weighted by Crippen LogP contribution is 2.39. The summed E-state index contributed by atoms with van der Waals surface area (Å²) in [4.78, 5) is 21.6. The Morgan fingerprint density at radius 2 is 1.82 bits per heavy atom. The lowest BCUT2D eigenvalue weighted by atomic mass is 10.3. The highest BCUT2D eigenvalue weighted by atomic mass is 32.1. The molecule has 28 heavy (non-hydrogen) atoms. The first-order chi connectivity index (χ1) is 13.7. The summed E-state index contributed by atoms with van der Waals surface area (Å²) in [6.07, 6.45) is 5.36. The van der Waals surface area contributed by atoms with Crippen LogP contribution in [0.1, 0.15) is 31.0 Å². The zero-order chi connectivity index (χ0) is 19.3. The van der Waals surface area contributed by atoms with Gasteiger partial charge in [-0.05, 0) is 39.1 Å². The lowest BCUT2D eigenvalue weighted by molar-refractivity contribution is 0.496. The van der Waals surface area contributed by atoms with Gasteiger partial charge in [-0.2, -0.15) is 0 Å². The van der Waals surface area contributed by atoms with Gasteiger partial charge in [-0.25, -0.2) is 24.9 Å². The first kappa shape index (κ1) is 19.1. The highest BCUT2D eigenvalue weighted by molar-refractivity contribution is 7.14. The minimum atomic E-state index is 0.489. The predicted octanol–water partition coefficient (Wildman–Crippen LogP) is 3.04. The summed E-state index contributed by atoms with van der Waals surface area (Å²) in [7, 11) is 0. The minimum Gasteiger partial charge on any atom is -0.383 e. The molecule has 1 aliphatic heterocycles. The van der Waals surface area contributed by atoms with Gasteiger partial charge in [0.15, 0.2) is 0 Å². The SMILES string of the molecule is C1CNCNC1.C=Nc1nc(-c2csc(-c3cnc(C4CC4)nc3N)n2)cs1. The van der Waals surface area contributed by atoms with Crippen LogP contribution in [0, 0.1) is 0 Å². The molecule has 1 saturated heterocycles. The second-order valence-electron chi connectivity index (χ2n) is 6.54. The Morgan fingerprint density at radius 1 is 1.07 bits per heavy atom. The van der Waals surface area contributed by atoms with Crippen molar-refractivity contribution in [1.29, 1.82) is 0 Å². The molecule has 10 heteroatoms. The van der Waals surface area contributed by atoms with Crippen molar-refractivity contribution in [2.24, 2.45) is 4.99 Å². The largest absolute Gasteiger partial charge is 0.383 e. The minimum absolute atomic E-state index is 0.489. The number of aliphatic imine (C=N–C) groups is 1. The maximum absolute atomic E-state index is 6.07. The van der Waals surface area contributed by atoms with Crippen LogP contribution >= 0.6 is 22.7 Å². The van der Waals surface area contributed by atoms with Gasteiger partial charge >= 0.3 is 0 Å². The fourth-order valence-electron chi connectivity index (χ4n) is 2.69. The van der Waals surface area contributed by atoms with E-state index in [-0.39, 0.29) is 0 Å². The standard InChI is InChI=1S/C14H12N6S2.C4H10N2/c1-16-14-19-10(6-22-14)9-5-21-13(18-9)8-4-17-12(7-2-3-7)20-11(8)15;1-2-5-4-6-3-1/h4-7H,1-3H2,(H2,15,17,20);5-6H,1-4H2. The van der Waals surface area contributed by atoms with Gasteiger partial charge in [0.25, 0.3) is 0 Å². The van der Waals surface area contributed by atoms with Crippen LogP contribution in [0.3, 0.4) is 0 Å². The molecule has 0 radical (unpaired) electrons. The van der Waals surface area contributed by atoms with Gasteiger partial charge in [-0.1, -0.05) is 0 Å². The molecule has 5 rings (SSSR count). The Labute approximate surface area is 171 Å². The van der Waals surface area contributed by atoms with E-state index in [1.807, 2.05) is 10.8 Å². The summed E-state index contributed by atoms with van der Waals surface area (Å²) < 4.78 is 0. The molecule has 2 fully saturated rings. The Bertz CT molecular complexity index is 931. The molecule has 4 N–H and O–H groups in total. The smallest absolute Gasteiger partial charge is 0.209 e. The average molecular weight is 415 g/mol. The molecule has 2 aliphatic rings. The van der Waals surface area contributed by atoms with Gasteiger partial charge in [0, 0.05) is 29.5 Å². The van der Waals surface area contributed by atoms with E-state index in [1.54, 1.807) is 6.20 Å². The fourth-order valence-corrected chi connectivity index (χ4v) is 4.13. The summed E-state index contributed by atoms with van der Waals surface area (Å²) in [5.74, 6) is 1.83. The van der Waals surface area contributed by atoms with Crippen LogP contribution in [-0.2, 0) is 0 Å². The van der Waals surface area contributed by atoms with Crippen LogP contribution in [0.5, 0.6) is 0 Å². The summed E-state index contributed by atoms with van der Waals surface area (Å²) in [6.45, 7) is 6.85. The molecular weight excluding hydrogens is 392 g/mol. The first-order valence-corrected chi connectivity index (χ1v) is 10.9. The number of anilines is 1. The quantitative estimate of drug-likeness (QED) is 0.562. The van der Waals surface area contributed by atoms with Gasteiger partial charge in [-0.15, -0.1) is 22.7 Å². The van der Waals surface area contributed by atoms with Crippen LogP contribution in [0.15, 0.2) is 21.9 Å². The maximum atomic E-state index is 6.07. The lowest BCUT2D eigenvalue weighted by Crippen LogP contribution is -2.37. The third kappa shape index (κ3) is 4.58. The number of aromatic nitrogens is 4. The highest BCUT2D eigenvalue weighted by Gasteiger charge is 2.27. The number of thiazole rings is 2. The summed E-state index contributed by atoms with van der Waals surface area (Å²) in [5.41, 5.74) is 8.45. The summed E-state index contributed by atoms with van der Waals surface area (Å²) in [6, 6.07) is 0. The third-order valence-electron chi connectivity index (χ3n) is 4.36. The topological polar surface area (TPSA) is 114 Å². The van der Waals surface area contributed by atoms with E-state index in [2.05, 4.69) is 42.3 Å². The van der Waals surface area contributed by atoms with Gasteiger partial charge in [0.05, 0.1) is 5.56 Å². The molecule has 0 spiro atoms. The zero-order valence-corrected chi connectivity index (χ0v) is 17.0. The Balaban J connectivity index is 0.000000275. The monoisotopic (exact) mass is 414 g/mol. The fraction of sp³-hybridized carbons (Fsp3) is 0.389. The van der Waals surface area contributed by atoms with Crippen molar-refractivity contribution in [3.63, 3.8) is 0 Å². The second-order valence-corrected chi connectivity index (χ2v) is 8.24. The van der Waals surface area contributed by atoms with Crippen LogP contribution in [-0.4, -0.2) is 46.4 Å². The van der Waals surface area contributed by atoms with E-state index in [4.69, 9.17) is 5.73 Å². The van der Waals surface area contributed by atoms with E-state index in [0.717, 1.165) is 47.3 Å². The van der Waals surface area contributed by atoms with Gasteiger partial charge in [-0.3, -0.25) is 0 Å². The van der Waals surface area contributed by atoms with Gasteiger partial charge in [0.2, 0.25) is 5.13 Å². The number of rotatable bonds is 4. The van der Waals surface area contributed by atoms with Crippen molar-refractivity contribution < 1.29 is 0 Å². The molecule has 4 heterocycles. The molecule has 3 aromatic rings. The van der Waals surface area contributed by atoms with E-state index in [0.29, 0.717) is 16.9 Å².